The molecule has 1 aromatic carbocycles. The molecule has 1 unspecified atom stereocenters. The van der Waals surface area contributed by atoms with E-state index in [0.717, 1.165) is 0 Å². The van der Waals surface area contributed by atoms with Crippen molar-refractivity contribution >= 4 is 0 Å². The molecular weight excluding hydrogens is 186 g/mol. The van der Waals surface area contributed by atoms with Crippen LogP contribution >= 0.6 is 0 Å². The maximum Gasteiger partial charge on any atom is 0.269 e. The van der Waals surface area contributed by atoms with E-state index in [2.05, 4.69) is 0 Å². The molecule has 0 bridgehead atoms. The van der Waals surface area contributed by atoms with Crippen LogP contribution in [-0.4, -0.2) is 5.11 Å². The van der Waals surface area contributed by atoms with Crippen LogP contribution in [0, 0.1) is 0 Å². The van der Waals surface area contributed by atoms with Crippen molar-refractivity contribution < 1.29 is 13.9 Å². The van der Waals surface area contributed by atoms with Crippen molar-refractivity contribution in [3.63, 3.8) is 0 Å². The molecule has 1 nitrogen and oxygen atoms in total. The number of rotatable bonds is 3. The summed E-state index contributed by atoms with van der Waals surface area (Å²) in [7, 11) is 0. The number of hydrogen-bond donors (Lipinski definition) is 1. The standard InChI is InChI=1S/C11H12F2O/c1-8(11(12)13)7-10(14)9-5-3-2-4-6-9/h2-6,10,14H,7H2,1H3. The predicted octanol–water partition coefficient (Wildman–Crippen LogP) is 3.28. The normalized spacial score (nSPS) is 12.3. The van der Waals surface area contributed by atoms with E-state index in [1.54, 1.807) is 24.3 Å². The van der Waals surface area contributed by atoms with E-state index in [4.69, 9.17) is 0 Å². The van der Waals surface area contributed by atoms with E-state index in [-0.39, 0.29) is 12.0 Å². The van der Waals surface area contributed by atoms with Crippen molar-refractivity contribution in [1.29, 1.82) is 0 Å². The molecule has 0 aromatic heterocycles. The first-order valence-electron chi connectivity index (χ1n) is 4.35. The van der Waals surface area contributed by atoms with Gasteiger partial charge in [0.15, 0.2) is 0 Å². The second-order valence-corrected chi connectivity index (χ2v) is 3.17. The van der Waals surface area contributed by atoms with E-state index in [9.17, 15) is 13.9 Å². The Balaban J connectivity index is 2.69. The maximum atomic E-state index is 12.1. The van der Waals surface area contributed by atoms with Crippen LogP contribution in [-0.2, 0) is 0 Å². The summed E-state index contributed by atoms with van der Waals surface area (Å²) in [6, 6.07) is 8.78. The molecule has 14 heavy (non-hydrogen) atoms. The van der Waals surface area contributed by atoms with Crippen LogP contribution in [0.2, 0.25) is 0 Å². The van der Waals surface area contributed by atoms with Crippen LogP contribution in [0.3, 0.4) is 0 Å². The monoisotopic (exact) mass is 198 g/mol. The van der Waals surface area contributed by atoms with Gasteiger partial charge in [-0.1, -0.05) is 30.3 Å². The topological polar surface area (TPSA) is 20.2 Å². The van der Waals surface area contributed by atoms with E-state index in [0.29, 0.717) is 5.56 Å². The summed E-state index contributed by atoms with van der Waals surface area (Å²) in [5, 5.41) is 9.57. The van der Waals surface area contributed by atoms with Gasteiger partial charge in [0, 0.05) is 6.42 Å². The number of hydrogen-bond acceptors (Lipinski definition) is 1. The SMILES string of the molecule is CC(CC(O)c1ccccc1)=C(F)F. The van der Waals surface area contributed by atoms with Crippen molar-refractivity contribution in [3.8, 4) is 0 Å². The quantitative estimate of drug-likeness (QED) is 0.790. The minimum Gasteiger partial charge on any atom is -0.388 e. The first-order chi connectivity index (χ1) is 6.61. The van der Waals surface area contributed by atoms with Gasteiger partial charge in [-0.3, -0.25) is 0 Å². The van der Waals surface area contributed by atoms with Crippen molar-refractivity contribution in [2.24, 2.45) is 0 Å². The maximum absolute atomic E-state index is 12.1. The summed E-state index contributed by atoms with van der Waals surface area (Å²) in [6.45, 7) is 1.32. The number of aliphatic hydroxyl groups excluding tert-OH is 1. The highest BCUT2D eigenvalue weighted by Crippen LogP contribution is 2.22. The molecule has 3 heteroatoms. The molecule has 0 saturated heterocycles. The first-order valence-corrected chi connectivity index (χ1v) is 4.35. The number of benzene rings is 1. The van der Waals surface area contributed by atoms with E-state index >= 15 is 0 Å². The summed E-state index contributed by atoms with van der Waals surface area (Å²) in [5.74, 6) is 0. The molecule has 0 spiro atoms. The highest BCUT2D eigenvalue weighted by molar-refractivity contribution is 5.19. The van der Waals surface area contributed by atoms with Crippen molar-refractivity contribution in [3.05, 3.63) is 47.5 Å². The van der Waals surface area contributed by atoms with Crippen LogP contribution in [0.25, 0.3) is 0 Å². The van der Waals surface area contributed by atoms with E-state index in [1.165, 1.54) is 6.92 Å². The van der Waals surface area contributed by atoms with Crippen LogP contribution in [0.5, 0.6) is 0 Å². The Bertz CT molecular complexity index is 315. The van der Waals surface area contributed by atoms with Crippen molar-refractivity contribution in [1.82, 2.24) is 0 Å². The average Bonchev–Trinajstić information content (AvgIpc) is 2.19. The van der Waals surface area contributed by atoms with Gasteiger partial charge >= 0.3 is 0 Å². The largest absolute Gasteiger partial charge is 0.388 e. The van der Waals surface area contributed by atoms with Gasteiger partial charge in [0.05, 0.1) is 6.10 Å². The third-order valence-corrected chi connectivity index (χ3v) is 2.01. The van der Waals surface area contributed by atoms with Crippen LogP contribution < -0.4 is 0 Å². The van der Waals surface area contributed by atoms with Gasteiger partial charge in [0.2, 0.25) is 0 Å². The molecule has 0 amide bonds. The molecule has 0 radical (unpaired) electrons. The molecule has 0 saturated carbocycles. The molecule has 0 aliphatic rings. The zero-order valence-corrected chi connectivity index (χ0v) is 7.87. The molecule has 1 rings (SSSR count). The lowest BCUT2D eigenvalue weighted by molar-refractivity contribution is 0.175. The zero-order chi connectivity index (χ0) is 10.6. The lowest BCUT2D eigenvalue weighted by Crippen LogP contribution is -1.98. The first kappa shape index (κ1) is 10.9. The van der Waals surface area contributed by atoms with Gasteiger partial charge in [0.25, 0.3) is 6.08 Å². The fourth-order valence-electron chi connectivity index (χ4n) is 1.16. The van der Waals surface area contributed by atoms with Crippen LogP contribution in [0.4, 0.5) is 8.78 Å². The van der Waals surface area contributed by atoms with Crippen LogP contribution in [0.15, 0.2) is 42.0 Å². The minimum absolute atomic E-state index is 0.0215. The van der Waals surface area contributed by atoms with Gasteiger partial charge in [-0.15, -0.1) is 0 Å². The second kappa shape index (κ2) is 4.86. The van der Waals surface area contributed by atoms with E-state index < -0.39 is 12.2 Å². The Hall–Kier alpha value is -1.22. The second-order valence-electron chi connectivity index (χ2n) is 3.17. The summed E-state index contributed by atoms with van der Waals surface area (Å²) < 4.78 is 24.1. The van der Waals surface area contributed by atoms with Gasteiger partial charge in [0.1, 0.15) is 0 Å². The molecule has 0 aliphatic carbocycles. The molecule has 76 valence electrons. The Morgan fingerprint density at radius 1 is 1.29 bits per heavy atom. The van der Waals surface area contributed by atoms with Gasteiger partial charge in [-0.25, -0.2) is 0 Å². The van der Waals surface area contributed by atoms with Crippen molar-refractivity contribution in [2.45, 2.75) is 19.4 Å². The van der Waals surface area contributed by atoms with E-state index in [1.807, 2.05) is 6.07 Å². The molecule has 0 heterocycles. The Morgan fingerprint density at radius 2 is 1.86 bits per heavy atom. The number of halogens is 2. The third-order valence-electron chi connectivity index (χ3n) is 2.01. The van der Waals surface area contributed by atoms with Gasteiger partial charge < -0.3 is 5.11 Å². The minimum atomic E-state index is -1.71. The molecule has 0 aliphatic heterocycles. The Morgan fingerprint density at radius 3 is 2.36 bits per heavy atom. The lowest BCUT2D eigenvalue weighted by atomic mass is 10.0. The molecular formula is C11H12F2O. The number of aliphatic hydroxyl groups is 1. The molecule has 1 atom stereocenters. The smallest absolute Gasteiger partial charge is 0.269 e. The zero-order valence-electron chi connectivity index (χ0n) is 7.87. The predicted molar refractivity (Wildman–Crippen MR) is 50.9 cm³/mol. The Labute approximate surface area is 81.7 Å². The lowest BCUT2D eigenvalue weighted by Gasteiger charge is -2.10. The average molecular weight is 198 g/mol. The highest BCUT2D eigenvalue weighted by atomic mass is 19.3. The van der Waals surface area contributed by atoms with Gasteiger partial charge in [-0.2, -0.15) is 8.78 Å². The third kappa shape index (κ3) is 2.92. The van der Waals surface area contributed by atoms with Gasteiger partial charge in [-0.05, 0) is 18.1 Å². The summed E-state index contributed by atoms with van der Waals surface area (Å²) in [4.78, 5) is 0. The van der Waals surface area contributed by atoms with Crippen molar-refractivity contribution in [2.75, 3.05) is 0 Å². The fourth-order valence-corrected chi connectivity index (χ4v) is 1.16. The summed E-state index contributed by atoms with van der Waals surface area (Å²) >= 11 is 0. The fraction of sp³-hybridized carbons (Fsp3) is 0.273. The molecule has 1 aromatic rings. The summed E-state index contributed by atoms with van der Waals surface area (Å²) in [6.07, 6.45) is -2.58. The highest BCUT2D eigenvalue weighted by Gasteiger charge is 2.10. The summed E-state index contributed by atoms with van der Waals surface area (Å²) in [5.41, 5.74) is 0.592. The van der Waals surface area contributed by atoms with Crippen LogP contribution in [0.1, 0.15) is 25.0 Å². The molecule has 1 N–H and O–H groups in total. The Kier molecular flexibility index (Phi) is 3.77. The molecule has 0 fully saturated rings.